The summed E-state index contributed by atoms with van der Waals surface area (Å²) in [6.07, 6.45) is 3.06. The van der Waals surface area contributed by atoms with E-state index >= 15 is 0 Å². The Labute approximate surface area is 127 Å². The van der Waals surface area contributed by atoms with E-state index in [1.807, 2.05) is 25.1 Å². The number of nitrogens with two attached hydrogens (primary N) is 1. The van der Waals surface area contributed by atoms with Gasteiger partial charge in [0.2, 0.25) is 0 Å². The molecule has 0 aliphatic heterocycles. The van der Waals surface area contributed by atoms with Crippen molar-refractivity contribution in [1.82, 2.24) is 0 Å². The number of hydrogen-bond acceptors (Lipinski definition) is 4. The zero-order valence-corrected chi connectivity index (χ0v) is 13.4. The Hall–Kier alpha value is -1.71. The van der Waals surface area contributed by atoms with Crippen LogP contribution in [-0.4, -0.2) is 26.2 Å². The van der Waals surface area contributed by atoms with Crippen LogP contribution < -0.4 is 10.6 Å². The molecule has 2 rings (SSSR count). The molecular formula is C17H26N2O2. The molecular weight excluding hydrogens is 264 g/mol. The molecule has 4 heteroatoms. The summed E-state index contributed by atoms with van der Waals surface area (Å²) in [5.74, 6) is 1.05. The van der Waals surface area contributed by atoms with E-state index in [2.05, 4.69) is 13.8 Å². The molecule has 0 heterocycles. The van der Waals surface area contributed by atoms with E-state index in [0.717, 1.165) is 24.9 Å². The second-order valence-electron chi connectivity index (χ2n) is 6.47. The first-order valence-corrected chi connectivity index (χ1v) is 7.66. The molecule has 1 aromatic rings. The highest BCUT2D eigenvalue weighted by Crippen LogP contribution is 2.32. The van der Waals surface area contributed by atoms with Crippen LogP contribution in [-0.2, 0) is 4.74 Å². The van der Waals surface area contributed by atoms with Crippen LogP contribution in [0, 0.1) is 11.8 Å². The fourth-order valence-corrected chi connectivity index (χ4v) is 2.93. The number of nitrogens with zero attached hydrogens (tertiary/aromatic N) is 1. The van der Waals surface area contributed by atoms with Crippen LogP contribution in [0.5, 0.6) is 0 Å². The molecule has 2 N–H and O–H groups in total. The van der Waals surface area contributed by atoms with Crippen LogP contribution in [0.25, 0.3) is 0 Å². The van der Waals surface area contributed by atoms with Gasteiger partial charge in [-0.3, -0.25) is 0 Å². The first kappa shape index (κ1) is 15.7. The molecule has 21 heavy (non-hydrogen) atoms. The van der Waals surface area contributed by atoms with Crippen molar-refractivity contribution < 1.29 is 9.53 Å². The predicted octanol–water partition coefficient (Wildman–Crippen LogP) is 3.32. The fraction of sp³-hybridized carbons (Fsp3) is 0.588. The Bertz CT molecular complexity index is 514. The molecule has 0 saturated heterocycles. The smallest absolute Gasteiger partial charge is 0.340 e. The van der Waals surface area contributed by atoms with Gasteiger partial charge < -0.3 is 15.4 Å². The number of hydrogen-bond donors (Lipinski definition) is 1. The van der Waals surface area contributed by atoms with Crippen LogP contribution in [0.4, 0.5) is 11.4 Å². The zero-order valence-electron chi connectivity index (χ0n) is 13.4. The molecule has 0 bridgehead atoms. The molecule has 0 amide bonds. The molecule has 1 aliphatic rings. The normalized spacial score (nSPS) is 25.4. The van der Waals surface area contributed by atoms with Crippen molar-refractivity contribution in [3.05, 3.63) is 23.8 Å². The van der Waals surface area contributed by atoms with Gasteiger partial charge in [-0.25, -0.2) is 4.79 Å². The molecule has 3 unspecified atom stereocenters. The van der Waals surface area contributed by atoms with Crippen LogP contribution >= 0.6 is 0 Å². The second-order valence-corrected chi connectivity index (χ2v) is 6.47. The van der Waals surface area contributed by atoms with Gasteiger partial charge in [0.15, 0.2) is 0 Å². The highest BCUT2D eigenvalue weighted by molar-refractivity contribution is 5.97. The van der Waals surface area contributed by atoms with Crippen LogP contribution in [0.3, 0.4) is 0 Å². The molecule has 3 atom stereocenters. The lowest BCUT2D eigenvalue weighted by Crippen LogP contribution is -2.29. The van der Waals surface area contributed by atoms with Gasteiger partial charge >= 0.3 is 5.97 Å². The van der Waals surface area contributed by atoms with E-state index in [1.165, 1.54) is 0 Å². The lowest BCUT2D eigenvalue weighted by atomic mass is 9.80. The van der Waals surface area contributed by atoms with Crippen molar-refractivity contribution in [2.75, 3.05) is 24.7 Å². The van der Waals surface area contributed by atoms with E-state index in [-0.39, 0.29) is 12.1 Å². The Kier molecular flexibility index (Phi) is 4.76. The zero-order chi connectivity index (χ0) is 15.6. The molecule has 4 nitrogen and oxygen atoms in total. The molecule has 0 radical (unpaired) electrons. The van der Waals surface area contributed by atoms with Gasteiger partial charge in [0.05, 0.1) is 11.3 Å². The van der Waals surface area contributed by atoms with Gasteiger partial charge in [0.1, 0.15) is 6.10 Å². The van der Waals surface area contributed by atoms with Gasteiger partial charge in [-0.2, -0.15) is 0 Å². The maximum Gasteiger partial charge on any atom is 0.340 e. The minimum Gasteiger partial charge on any atom is -0.459 e. The van der Waals surface area contributed by atoms with E-state index < -0.39 is 0 Å². The molecule has 1 fully saturated rings. The molecule has 0 aromatic heterocycles. The molecule has 1 aliphatic carbocycles. The van der Waals surface area contributed by atoms with Crippen molar-refractivity contribution in [3.63, 3.8) is 0 Å². The second kappa shape index (κ2) is 6.37. The summed E-state index contributed by atoms with van der Waals surface area (Å²) in [4.78, 5) is 14.4. The summed E-state index contributed by atoms with van der Waals surface area (Å²) in [7, 11) is 3.82. The number of carbonyl (C=O) groups excluding carboxylic acids is 1. The topological polar surface area (TPSA) is 55.6 Å². The first-order valence-electron chi connectivity index (χ1n) is 7.66. The SMILES string of the molecule is CC1CCC(OC(=O)c2cc(N)ccc2N(C)C)CC1C. The standard InChI is InChI=1S/C17H26N2O2/c1-11-5-7-14(9-12(11)2)21-17(20)15-10-13(18)6-8-16(15)19(3)4/h6,8,10-12,14H,5,7,9,18H2,1-4H3. The van der Waals surface area contributed by atoms with E-state index in [1.54, 1.807) is 12.1 Å². The summed E-state index contributed by atoms with van der Waals surface area (Å²) in [6, 6.07) is 5.36. The van der Waals surface area contributed by atoms with Crippen LogP contribution in [0.15, 0.2) is 18.2 Å². The van der Waals surface area contributed by atoms with Crippen molar-refractivity contribution in [2.45, 2.75) is 39.2 Å². The van der Waals surface area contributed by atoms with Crippen molar-refractivity contribution in [1.29, 1.82) is 0 Å². The third-order valence-corrected chi connectivity index (χ3v) is 4.55. The average molecular weight is 290 g/mol. The monoisotopic (exact) mass is 290 g/mol. The van der Waals surface area contributed by atoms with Gasteiger partial charge in [-0.1, -0.05) is 13.8 Å². The summed E-state index contributed by atoms with van der Waals surface area (Å²) in [5, 5.41) is 0. The predicted molar refractivity (Wildman–Crippen MR) is 86.6 cm³/mol. The maximum absolute atomic E-state index is 12.5. The number of rotatable bonds is 3. The minimum absolute atomic E-state index is 0.0279. The Morgan fingerprint density at radius 3 is 2.57 bits per heavy atom. The Morgan fingerprint density at radius 1 is 1.24 bits per heavy atom. The van der Waals surface area contributed by atoms with E-state index in [4.69, 9.17) is 10.5 Å². The van der Waals surface area contributed by atoms with Crippen molar-refractivity contribution in [2.24, 2.45) is 11.8 Å². The maximum atomic E-state index is 12.5. The summed E-state index contributed by atoms with van der Waals surface area (Å²) >= 11 is 0. The number of anilines is 2. The molecule has 116 valence electrons. The highest BCUT2D eigenvalue weighted by atomic mass is 16.5. The number of carbonyl (C=O) groups is 1. The number of benzene rings is 1. The molecule has 1 saturated carbocycles. The lowest BCUT2D eigenvalue weighted by molar-refractivity contribution is 0.00887. The third-order valence-electron chi connectivity index (χ3n) is 4.55. The van der Waals surface area contributed by atoms with E-state index in [9.17, 15) is 4.79 Å². The lowest BCUT2D eigenvalue weighted by Gasteiger charge is -2.31. The first-order chi connectivity index (χ1) is 9.88. The van der Waals surface area contributed by atoms with Crippen molar-refractivity contribution >= 4 is 17.3 Å². The number of ether oxygens (including phenoxy) is 1. The van der Waals surface area contributed by atoms with Crippen LogP contribution in [0.2, 0.25) is 0 Å². The van der Waals surface area contributed by atoms with Gasteiger partial charge in [-0.05, 0) is 49.3 Å². The largest absolute Gasteiger partial charge is 0.459 e. The van der Waals surface area contributed by atoms with Gasteiger partial charge in [0.25, 0.3) is 0 Å². The van der Waals surface area contributed by atoms with Crippen LogP contribution in [0.1, 0.15) is 43.5 Å². The Morgan fingerprint density at radius 2 is 1.95 bits per heavy atom. The van der Waals surface area contributed by atoms with Gasteiger partial charge in [0, 0.05) is 19.8 Å². The third kappa shape index (κ3) is 3.69. The molecule has 1 aromatic carbocycles. The summed E-state index contributed by atoms with van der Waals surface area (Å²) in [5.41, 5.74) is 7.78. The number of nitrogen functional groups attached to an aromatic ring is 1. The van der Waals surface area contributed by atoms with E-state index in [0.29, 0.717) is 23.1 Å². The van der Waals surface area contributed by atoms with Crippen molar-refractivity contribution in [3.8, 4) is 0 Å². The van der Waals surface area contributed by atoms with Gasteiger partial charge in [-0.15, -0.1) is 0 Å². The summed E-state index contributed by atoms with van der Waals surface area (Å²) < 4.78 is 5.72. The number of esters is 1. The minimum atomic E-state index is -0.266. The molecule has 0 spiro atoms. The fourth-order valence-electron chi connectivity index (χ4n) is 2.93. The average Bonchev–Trinajstić information content (AvgIpc) is 2.42. The summed E-state index contributed by atoms with van der Waals surface area (Å²) in [6.45, 7) is 4.50. The Balaban J connectivity index is 2.12. The quantitative estimate of drug-likeness (QED) is 0.685. The highest BCUT2D eigenvalue weighted by Gasteiger charge is 2.28.